The summed E-state index contributed by atoms with van der Waals surface area (Å²) in [4.78, 5) is 28.0. The van der Waals surface area contributed by atoms with Gasteiger partial charge in [-0.25, -0.2) is 9.97 Å². The highest BCUT2D eigenvalue weighted by Gasteiger charge is 2.38. The number of carbonyl (C=O) groups excluding carboxylic acids is 1. The molecule has 8 nitrogen and oxygen atoms in total. The molecule has 5 rings (SSSR count). The Balaban J connectivity index is 1.26. The van der Waals surface area contributed by atoms with Gasteiger partial charge in [-0.3, -0.25) is 14.7 Å². The standard InChI is InChI=1S/C21H23N5O3/c1-13-22-12-19(29-13)16-6-14-9-20(24-11-18(14)23-10-16)25-21(27)15-7-17(8-15)26-2-4-28-5-3-26/h6,9-12,15,17H,2-5,7-8H2,1H3,(H,24,25,27)/t15-,17-. The van der Waals surface area contributed by atoms with Crippen LogP contribution >= 0.6 is 0 Å². The first-order valence-corrected chi connectivity index (χ1v) is 9.97. The number of nitrogens with one attached hydrogen (secondary N) is 1. The van der Waals surface area contributed by atoms with Crippen molar-refractivity contribution in [2.75, 3.05) is 31.6 Å². The lowest BCUT2D eigenvalue weighted by atomic mass is 9.78. The Hall–Kier alpha value is -2.84. The first-order chi connectivity index (χ1) is 14.2. The van der Waals surface area contributed by atoms with Crippen LogP contribution in [0.15, 0.2) is 35.1 Å². The third kappa shape index (κ3) is 3.73. The number of anilines is 1. The van der Waals surface area contributed by atoms with Crippen LogP contribution in [0, 0.1) is 12.8 Å². The Bertz CT molecular complexity index is 1040. The Kier molecular flexibility index (Phi) is 4.73. The van der Waals surface area contributed by atoms with Crippen LogP contribution in [0.1, 0.15) is 18.7 Å². The fraction of sp³-hybridized carbons (Fsp3) is 0.429. The molecule has 2 fully saturated rings. The van der Waals surface area contributed by atoms with Crippen LogP contribution in [0.5, 0.6) is 0 Å². The van der Waals surface area contributed by atoms with Gasteiger partial charge in [0.25, 0.3) is 0 Å². The number of carbonyl (C=O) groups is 1. The molecule has 150 valence electrons. The average molecular weight is 393 g/mol. The Labute approximate surface area is 168 Å². The van der Waals surface area contributed by atoms with Gasteiger partial charge in [-0.15, -0.1) is 0 Å². The smallest absolute Gasteiger partial charge is 0.228 e. The lowest BCUT2D eigenvalue weighted by Gasteiger charge is -2.43. The third-order valence-electron chi connectivity index (χ3n) is 5.77. The van der Waals surface area contributed by atoms with Crippen LogP contribution in [0.25, 0.3) is 22.2 Å². The Morgan fingerprint density at radius 2 is 1.93 bits per heavy atom. The molecule has 1 amide bonds. The van der Waals surface area contributed by atoms with Crippen LogP contribution in [-0.4, -0.2) is 58.1 Å². The molecule has 1 N–H and O–H groups in total. The second-order valence-corrected chi connectivity index (χ2v) is 7.69. The highest BCUT2D eigenvalue weighted by atomic mass is 16.5. The largest absolute Gasteiger partial charge is 0.441 e. The quantitative estimate of drug-likeness (QED) is 0.728. The van der Waals surface area contributed by atoms with Gasteiger partial charge in [-0.2, -0.15) is 0 Å². The molecule has 0 spiro atoms. The fourth-order valence-electron chi connectivity index (χ4n) is 4.00. The van der Waals surface area contributed by atoms with Crippen molar-refractivity contribution >= 4 is 22.6 Å². The van der Waals surface area contributed by atoms with Crippen LogP contribution < -0.4 is 5.32 Å². The zero-order valence-electron chi connectivity index (χ0n) is 16.3. The van der Waals surface area contributed by atoms with Crippen molar-refractivity contribution in [1.82, 2.24) is 19.9 Å². The summed E-state index contributed by atoms with van der Waals surface area (Å²) >= 11 is 0. The Morgan fingerprint density at radius 3 is 2.69 bits per heavy atom. The summed E-state index contributed by atoms with van der Waals surface area (Å²) in [6.45, 7) is 5.31. The van der Waals surface area contributed by atoms with Gasteiger partial charge in [-0.1, -0.05) is 0 Å². The summed E-state index contributed by atoms with van der Waals surface area (Å²) in [6, 6.07) is 4.32. The maximum absolute atomic E-state index is 12.6. The zero-order valence-corrected chi connectivity index (χ0v) is 16.3. The fourth-order valence-corrected chi connectivity index (χ4v) is 4.00. The van der Waals surface area contributed by atoms with E-state index in [9.17, 15) is 4.79 Å². The van der Waals surface area contributed by atoms with Crippen molar-refractivity contribution in [3.8, 4) is 11.3 Å². The van der Waals surface area contributed by atoms with E-state index in [0.29, 0.717) is 23.5 Å². The van der Waals surface area contributed by atoms with Crippen molar-refractivity contribution in [1.29, 1.82) is 0 Å². The molecule has 1 aliphatic heterocycles. The number of pyridine rings is 2. The van der Waals surface area contributed by atoms with Crippen LogP contribution in [-0.2, 0) is 9.53 Å². The summed E-state index contributed by atoms with van der Waals surface area (Å²) < 4.78 is 11.0. The molecule has 0 aromatic carbocycles. The molecule has 3 aromatic rings. The third-order valence-corrected chi connectivity index (χ3v) is 5.77. The van der Waals surface area contributed by atoms with Crippen molar-refractivity contribution in [3.63, 3.8) is 0 Å². The molecule has 0 atom stereocenters. The average Bonchev–Trinajstić information content (AvgIpc) is 3.13. The number of morpholine rings is 1. The van der Waals surface area contributed by atoms with Gasteiger partial charge in [0.1, 0.15) is 5.82 Å². The van der Waals surface area contributed by atoms with Crippen LogP contribution in [0.2, 0.25) is 0 Å². The molecule has 4 heterocycles. The zero-order chi connectivity index (χ0) is 19.8. The van der Waals surface area contributed by atoms with Gasteiger partial charge in [0.05, 0.1) is 31.1 Å². The molecule has 0 unspecified atom stereocenters. The lowest BCUT2D eigenvalue weighted by molar-refractivity contribution is -0.125. The molecule has 1 aliphatic carbocycles. The molecule has 8 heteroatoms. The number of hydrogen-bond acceptors (Lipinski definition) is 7. The monoisotopic (exact) mass is 393 g/mol. The van der Waals surface area contributed by atoms with Crippen LogP contribution in [0.4, 0.5) is 5.82 Å². The number of aryl methyl sites for hydroxylation is 1. The molecule has 0 bridgehead atoms. The molecular formula is C21H23N5O3. The number of hydrogen-bond donors (Lipinski definition) is 1. The lowest BCUT2D eigenvalue weighted by Crippen LogP contribution is -2.52. The molecule has 1 saturated carbocycles. The highest BCUT2D eigenvalue weighted by Crippen LogP contribution is 2.33. The summed E-state index contributed by atoms with van der Waals surface area (Å²) in [6.07, 6.45) is 6.90. The second-order valence-electron chi connectivity index (χ2n) is 7.69. The van der Waals surface area contributed by atoms with E-state index < -0.39 is 0 Å². The van der Waals surface area contributed by atoms with Gasteiger partial charge in [0, 0.05) is 49.1 Å². The normalized spacial score (nSPS) is 22.4. The van der Waals surface area contributed by atoms with E-state index in [1.54, 1.807) is 25.5 Å². The van der Waals surface area contributed by atoms with E-state index in [-0.39, 0.29) is 11.8 Å². The highest BCUT2D eigenvalue weighted by molar-refractivity contribution is 5.94. The predicted molar refractivity (Wildman–Crippen MR) is 107 cm³/mol. The molecule has 1 saturated heterocycles. The minimum absolute atomic E-state index is 0.0383. The van der Waals surface area contributed by atoms with E-state index in [1.807, 2.05) is 12.1 Å². The molecule has 3 aromatic heterocycles. The summed E-state index contributed by atoms with van der Waals surface area (Å²) in [5.74, 6) is 1.91. The number of ether oxygens (including phenoxy) is 1. The number of fused-ring (bicyclic) bond motifs is 1. The van der Waals surface area contributed by atoms with E-state index >= 15 is 0 Å². The Morgan fingerprint density at radius 1 is 1.10 bits per heavy atom. The van der Waals surface area contributed by atoms with Gasteiger partial charge in [-0.05, 0) is 25.0 Å². The van der Waals surface area contributed by atoms with Gasteiger partial charge < -0.3 is 14.5 Å². The summed E-state index contributed by atoms with van der Waals surface area (Å²) in [5, 5.41) is 3.86. The van der Waals surface area contributed by atoms with E-state index in [0.717, 1.165) is 55.6 Å². The SMILES string of the molecule is Cc1ncc(-c2cnc3cnc(NC(=O)[C@H]4C[C@H](N5CCOCC5)C4)cc3c2)o1. The maximum Gasteiger partial charge on any atom is 0.228 e. The number of oxazole rings is 1. The van der Waals surface area contributed by atoms with Gasteiger partial charge >= 0.3 is 0 Å². The molecular weight excluding hydrogens is 370 g/mol. The van der Waals surface area contributed by atoms with Crippen molar-refractivity contribution < 1.29 is 13.9 Å². The first-order valence-electron chi connectivity index (χ1n) is 9.97. The summed E-state index contributed by atoms with van der Waals surface area (Å²) in [5.41, 5.74) is 1.60. The second kappa shape index (κ2) is 7.53. The van der Waals surface area contributed by atoms with E-state index in [4.69, 9.17) is 9.15 Å². The number of rotatable bonds is 4. The van der Waals surface area contributed by atoms with Crippen molar-refractivity contribution in [2.45, 2.75) is 25.8 Å². The van der Waals surface area contributed by atoms with E-state index in [2.05, 4.69) is 25.2 Å². The van der Waals surface area contributed by atoms with Crippen LogP contribution in [0.3, 0.4) is 0 Å². The maximum atomic E-state index is 12.6. The first kappa shape index (κ1) is 18.2. The van der Waals surface area contributed by atoms with Gasteiger partial charge in [0.2, 0.25) is 5.91 Å². The molecule has 2 aliphatic rings. The summed E-state index contributed by atoms with van der Waals surface area (Å²) in [7, 11) is 0. The van der Waals surface area contributed by atoms with E-state index in [1.165, 1.54) is 0 Å². The number of nitrogens with zero attached hydrogens (tertiary/aromatic N) is 4. The number of amides is 1. The van der Waals surface area contributed by atoms with Crippen molar-refractivity contribution in [2.24, 2.45) is 5.92 Å². The topological polar surface area (TPSA) is 93.4 Å². The van der Waals surface area contributed by atoms with Crippen molar-refractivity contribution in [3.05, 3.63) is 36.6 Å². The predicted octanol–water partition coefficient (Wildman–Crippen LogP) is 2.64. The minimum Gasteiger partial charge on any atom is -0.441 e. The molecule has 29 heavy (non-hydrogen) atoms. The minimum atomic E-state index is 0.0383. The van der Waals surface area contributed by atoms with Gasteiger partial charge in [0.15, 0.2) is 11.7 Å². The molecule has 0 radical (unpaired) electrons. The number of aromatic nitrogens is 3.